The van der Waals surface area contributed by atoms with Crippen molar-refractivity contribution in [3.63, 3.8) is 0 Å². The van der Waals surface area contributed by atoms with Crippen molar-refractivity contribution in [1.29, 1.82) is 0 Å². The Hall–Kier alpha value is -2.33. The highest BCUT2D eigenvalue weighted by Crippen LogP contribution is 2.25. The summed E-state index contributed by atoms with van der Waals surface area (Å²) in [4.78, 5) is 11.5. The number of carbonyl (C=O) groups is 1. The van der Waals surface area contributed by atoms with E-state index in [2.05, 4.69) is 0 Å². The first-order valence-corrected chi connectivity index (χ1v) is 7.29. The average Bonchev–Trinajstić information content (AvgIpc) is 2.55. The van der Waals surface area contributed by atoms with Gasteiger partial charge < -0.3 is 15.2 Å². The first-order valence-electron chi connectivity index (χ1n) is 7.29. The normalized spacial score (nSPS) is 11.8. The van der Waals surface area contributed by atoms with Crippen LogP contribution in [0, 0.1) is 0 Å². The van der Waals surface area contributed by atoms with E-state index in [1.165, 1.54) is 0 Å². The van der Waals surface area contributed by atoms with Gasteiger partial charge in [0.15, 0.2) is 0 Å². The fourth-order valence-electron chi connectivity index (χ4n) is 2.24. The van der Waals surface area contributed by atoms with E-state index >= 15 is 0 Å². The summed E-state index contributed by atoms with van der Waals surface area (Å²) < 4.78 is 10.2. The Morgan fingerprint density at radius 3 is 2.50 bits per heavy atom. The maximum absolute atomic E-state index is 11.5. The van der Waals surface area contributed by atoms with Gasteiger partial charge in [0.05, 0.1) is 20.1 Å². The molecule has 0 aliphatic carbocycles. The van der Waals surface area contributed by atoms with Crippen LogP contribution in [0.2, 0.25) is 0 Å². The Morgan fingerprint density at radius 2 is 1.86 bits per heavy atom. The summed E-state index contributed by atoms with van der Waals surface area (Å²) >= 11 is 0. The molecular formula is C18H21NO3. The first-order chi connectivity index (χ1) is 10.6. The number of rotatable bonds is 6. The molecule has 2 aromatic carbocycles. The maximum atomic E-state index is 11.5. The number of ether oxygens (including phenoxy) is 2. The van der Waals surface area contributed by atoms with Crippen LogP contribution in [0.25, 0.3) is 11.1 Å². The first kappa shape index (κ1) is 16.0. The molecule has 4 nitrogen and oxygen atoms in total. The minimum absolute atomic E-state index is 0.187. The summed E-state index contributed by atoms with van der Waals surface area (Å²) in [7, 11) is 1.65. The topological polar surface area (TPSA) is 61.5 Å². The van der Waals surface area contributed by atoms with Crippen LogP contribution >= 0.6 is 0 Å². The van der Waals surface area contributed by atoms with Crippen molar-refractivity contribution in [3.05, 3.63) is 54.1 Å². The molecule has 0 unspecified atom stereocenters. The van der Waals surface area contributed by atoms with Crippen molar-refractivity contribution in [2.75, 3.05) is 13.7 Å². The van der Waals surface area contributed by atoms with E-state index in [1.807, 2.05) is 48.5 Å². The molecule has 0 aliphatic rings. The summed E-state index contributed by atoms with van der Waals surface area (Å²) in [5, 5.41) is 0. The minimum Gasteiger partial charge on any atom is -0.497 e. The Kier molecular flexibility index (Phi) is 5.55. The van der Waals surface area contributed by atoms with Crippen LogP contribution in [0.5, 0.6) is 5.75 Å². The predicted octanol–water partition coefficient (Wildman–Crippen LogP) is 3.32. The van der Waals surface area contributed by atoms with E-state index < -0.39 is 0 Å². The summed E-state index contributed by atoms with van der Waals surface area (Å²) in [6, 6.07) is 15.4. The SMILES string of the molecule is CCOC(=O)C[C@H](N)c1ccc(-c2cccc(OC)c2)cc1. The maximum Gasteiger partial charge on any atom is 0.307 e. The molecule has 0 bridgehead atoms. The summed E-state index contributed by atoms with van der Waals surface area (Å²) in [5.74, 6) is 0.549. The molecular weight excluding hydrogens is 278 g/mol. The average molecular weight is 299 g/mol. The van der Waals surface area contributed by atoms with Gasteiger partial charge in [-0.05, 0) is 35.7 Å². The highest BCUT2D eigenvalue weighted by molar-refractivity contribution is 5.70. The zero-order valence-corrected chi connectivity index (χ0v) is 12.9. The standard InChI is InChI=1S/C18H21NO3/c1-3-22-18(20)12-17(19)14-9-7-13(8-10-14)15-5-4-6-16(11-15)21-2/h4-11,17H,3,12,19H2,1-2H3/t17-/m0/s1. The number of esters is 1. The Morgan fingerprint density at radius 1 is 1.14 bits per heavy atom. The van der Waals surface area contributed by atoms with Gasteiger partial charge in [0, 0.05) is 6.04 Å². The lowest BCUT2D eigenvalue weighted by Crippen LogP contribution is -2.17. The van der Waals surface area contributed by atoms with E-state index in [0.717, 1.165) is 22.4 Å². The second kappa shape index (κ2) is 7.61. The smallest absolute Gasteiger partial charge is 0.307 e. The van der Waals surface area contributed by atoms with Crippen LogP contribution in [0.4, 0.5) is 0 Å². The fourth-order valence-corrected chi connectivity index (χ4v) is 2.24. The number of carbonyl (C=O) groups excluding carboxylic acids is 1. The van der Waals surface area contributed by atoms with Crippen LogP contribution in [0.3, 0.4) is 0 Å². The third-order valence-electron chi connectivity index (χ3n) is 3.43. The predicted molar refractivity (Wildman–Crippen MR) is 86.6 cm³/mol. The van der Waals surface area contributed by atoms with Crippen LogP contribution in [-0.4, -0.2) is 19.7 Å². The number of hydrogen-bond donors (Lipinski definition) is 1. The molecule has 0 fully saturated rings. The van der Waals surface area contributed by atoms with Gasteiger partial charge in [-0.15, -0.1) is 0 Å². The lowest BCUT2D eigenvalue weighted by atomic mass is 9.99. The summed E-state index contributed by atoms with van der Waals surface area (Å²) in [6.45, 7) is 2.16. The van der Waals surface area contributed by atoms with Crippen molar-refractivity contribution in [2.45, 2.75) is 19.4 Å². The van der Waals surface area contributed by atoms with Crippen LogP contribution < -0.4 is 10.5 Å². The van der Waals surface area contributed by atoms with Gasteiger partial charge in [-0.1, -0.05) is 36.4 Å². The van der Waals surface area contributed by atoms with Crippen molar-refractivity contribution in [3.8, 4) is 16.9 Å². The van der Waals surface area contributed by atoms with Crippen LogP contribution in [0.1, 0.15) is 24.9 Å². The third kappa shape index (κ3) is 4.09. The van der Waals surface area contributed by atoms with E-state index in [-0.39, 0.29) is 18.4 Å². The molecule has 2 aromatic rings. The monoisotopic (exact) mass is 299 g/mol. The van der Waals surface area contributed by atoms with Crippen molar-refractivity contribution in [1.82, 2.24) is 0 Å². The Balaban J connectivity index is 2.11. The van der Waals surface area contributed by atoms with Gasteiger partial charge in [-0.25, -0.2) is 0 Å². The minimum atomic E-state index is -0.349. The lowest BCUT2D eigenvalue weighted by molar-refractivity contribution is -0.143. The molecule has 22 heavy (non-hydrogen) atoms. The largest absolute Gasteiger partial charge is 0.497 e. The zero-order chi connectivity index (χ0) is 15.9. The quantitative estimate of drug-likeness (QED) is 0.831. The number of methoxy groups -OCH3 is 1. The molecule has 116 valence electrons. The van der Waals surface area contributed by atoms with Crippen LogP contribution in [-0.2, 0) is 9.53 Å². The summed E-state index contributed by atoms with van der Waals surface area (Å²) in [5.41, 5.74) is 9.11. The number of benzene rings is 2. The molecule has 0 aliphatic heterocycles. The molecule has 2 N–H and O–H groups in total. The second-order valence-electron chi connectivity index (χ2n) is 4.97. The van der Waals surface area contributed by atoms with E-state index in [1.54, 1.807) is 14.0 Å². The molecule has 0 amide bonds. The highest BCUT2D eigenvalue weighted by atomic mass is 16.5. The van der Waals surface area contributed by atoms with E-state index in [9.17, 15) is 4.79 Å². The van der Waals surface area contributed by atoms with Crippen molar-refractivity contribution in [2.24, 2.45) is 5.73 Å². The molecule has 0 radical (unpaired) electrons. The van der Waals surface area contributed by atoms with Gasteiger partial charge in [0.2, 0.25) is 0 Å². The molecule has 0 saturated carbocycles. The van der Waals surface area contributed by atoms with Crippen LogP contribution in [0.15, 0.2) is 48.5 Å². The van der Waals surface area contributed by atoms with Crippen molar-refractivity contribution < 1.29 is 14.3 Å². The summed E-state index contributed by atoms with van der Waals surface area (Å²) in [6.07, 6.45) is 0.187. The lowest BCUT2D eigenvalue weighted by Gasteiger charge is -2.12. The van der Waals surface area contributed by atoms with E-state index in [4.69, 9.17) is 15.2 Å². The Labute approximate surface area is 130 Å². The zero-order valence-electron chi connectivity index (χ0n) is 12.9. The molecule has 0 heterocycles. The molecule has 0 saturated heterocycles. The van der Waals surface area contributed by atoms with E-state index in [0.29, 0.717) is 6.61 Å². The molecule has 0 aromatic heterocycles. The number of nitrogens with two attached hydrogens (primary N) is 1. The Bertz CT molecular complexity index is 622. The van der Waals surface area contributed by atoms with Gasteiger partial charge >= 0.3 is 5.97 Å². The second-order valence-corrected chi connectivity index (χ2v) is 4.97. The van der Waals surface area contributed by atoms with Gasteiger partial charge in [0.25, 0.3) is 0 Å². The van der Waals surface area contributed by atoms with Crippen molar-refractivity contribution >= 4 is 5.97 Å². The number of hydrogen-bond acceptors (Lipinski definition) is 4. The van der Waals surface area contributed by atoms with Gasteiger partial charge in [-0.3, -0.25) is 4.79 Å². The highest BCUT2D eigenvalue weighted by Gasteiger charge is 2.12. The molecule has 2 rings (SSSR count). The fraction of sp³-hybridized carbons (Fsp3) is 0.278. The molecule has 1 atom stereocenters. The van der Waals surface area contributed by atoms with Gasteiger partial charge in [-0.2, -0.15) is 0 Å². The third-order valence-corrected chi connectivity index (χ3v) is 3.43. The molecule has 4 heteroatoms. The van der Waals surface area contributed by atoms with Gasteiger partial charge in [0.1, 0.15) is 5.75 Å². The molecule has 0 spiro atoms.